The van der Waals surface area contributed by atoms with Crippen LogP contribution in [0.5, 0.6) is 0 Å². The molecule has 3 nitrogen and oxygen atoms in total. The smallest absolute Gasteiger partial charge is 0.176 e. The number of rotatable bonds is 4. The number of halogens is 2. The van der Waals surface area contributed by atoms with E-state index in [0.29, 0.717) is 18.2 Å². The van der Waals surface area contributed by atoms with Crippen molar-refractivity contribution in [2.75, 3.05) is 20.2 Å². The second kappa shape index (κ2) is 11.4. The molecule has 0 aliphatic rings. The fourth-order valence-corrected chi connectivity index (χ4v) is 0.604. The molecule has 0 saturated heterocycles. The van der Waals surface area contributed by atoms with Gasteiger partial charge in [-0.15, -0.1) is 24.8 Å². The van der Waals surface area contributed by atoms with Gasteiger partial charge in [-0.2, -0.15) is 0 Å². The third-order valence-electron chi connectivity index (χ3n) is 1.15. The van der Waals surface area contributed by atoms with Crippen LogP contribution in [-0.2, 0) is 4.74 Å². The van der Waals surface area contributed by atoms with Crippen molar-refractivity contribution in [2.24, 2.45) is 5.73 Å². The number of nitrogens with one attached hydrogen (secondary N) is 1. The third-order valence-corrected chi connectivity index (χ3v) is 1.62. The quantitative estimate of drug-likeness (QED) is 0.705. The van der Waals surface area contributed by atoms with Gasteiger partial charge in [0.25, 0.3) is 0 Å². The molecular weight excluding hydrogens is 219 g/mol. The first kappa shape index (κ1) is 18.2. The number of hydrogen-bond donors (Lipinski definition) is 2. The van der Waals surface area contributed by atoms with Crippen molar-refractivity contribution in [1.29, 1.82) is 0 Å². The lowest BCUT2D eigenvalue weighted by Crippen LogP contribution is -2.32. The summed E-state index contributed by atoms with van der Waals surface area (Å²) in [6.07, 6.45) is 0. The predicted molar refractivity (Wildman–Crippen MR) is 60.6 cm³/mol. The Labute approximate surface area is 91.2 Å². The average molecular weight is 235 g/mol. The van der Waals surface area contributed by atoms with E-state index in [9.17, 15) is 0 Å². The van der Waals surface area contributed by atoms with Crippen molar-refractivity contribution >= 4 is 42.1 Å². The van der Waals surface area contributed by atoms with Gasteiger partial charge in [0.2, 0.25) is 0 Å². The van der Waals surface area contributed by atoms with E-state index in [1.807, 2.05) is 14.0 Å². The Bertz CT molecular complexity index is 116. The van der Waals surface area contributed by atoms with Gasteiger partial charge in [-0.3, -0.25) is 0 Å². The third kappa shape index (κ3) is 8.49. The molecule has 3 N–H and O–H groups in total. The van der Waals surface area contributed by atoms with Gasteiger partial charge in [-0.1, -0.05) is 0 Å². The van der Waals surface area contributed by atoms with Gasteiger partial charge in [0.15, 0.2) is 5.05 Å². The molecular formula is C6H16Cl2N2OS. The van der Waals surface area contributed by atoms with E-state index < -0.39 is 0 Å². The van der Waals surface area contributed by atoms with E-state index in [1.165, 1.54) is 0 Å². The summed E-state index contributed by atoms with van der Waals surface area (Å²) in [5, 5.41) is 3.54. The molecule has 0 saturated carbocycles. The van der Waals surface area contributed by atoms with E-state index in [2.05, 4.69) is 5.32 Å². The maximum atomic E-state index is 5.21. The molecule has 0 heterocycles. The minimum absolute atomic E-state index is 0. The topological polar surface area (TPSA) is 47.3 Å². The molecule has 0 aromatic heterocycles. The Morgan fingerprint density at radius 1 is 1.58 bits per heavy atom. The largest absolute Gasteiger partial charge is 0.484 e. The Morgan fingerprint density at radius 2 is 2.08 bits per heavy atom. The van der Waals surface area contributed by atoms with Crippen molar-refractivity contribution in [2.45, 2.75) is 13.0 Å². The van der Waals surface area contributed by atoms with Crippen LogP contribution in [0.2, 0.25) is 0 Å². The molecule has 1 atom stereocenters. The molecule has 0 unspecified atom stereocenters. The first-order valence-corrected chi connectivity index (χ1v) is 3.67. The van der Waals surface area contributed by atoms with Gasteiger partial charge in [-0.25, -0.2) is 0 Å². The fraction of sp³-hybridized carbons (Fsp3) is 0.833. The molecule has 0 spiro atoms. The van der Waals surface area contributed by atoms with Crippen molar-refractivity contribution < 1.29 is 4.74 Å². The van der Waals surface area contributed by atoms with Gasteiger partial charge in [0.1, 0.15) is 6.61 Å². The lowest BCUT2D eigenvalue weighted by molar-refractivity contribution is 0.308. The summed E-state index contributed by atoms with van der Waals surface area (Å²) >= 11 is 4.90. The van der Waals surface area contributed by atoms with E-state index in [0.717, 1.165) is 0 Å². The Hall–Kier alpha value is 0.390. The Kier molecular flexibility index (Phi) is 17.3. The highest BCUT2D eigenvalue weighted by molar-refractivity contribution is 7.80. The standard InChI is InChI=1S/C6H14N2OS.2ClH/c1-5(8-2)6(10)9-4-3-7;;/h5,8H,3-4,7H2,1-2H3;2*1H/t5-;;/m0../s1. The molecule has 0 fully saturated rings. The van der Waals surface area contributed by atoms with E-state index >= 15 is 0 Å². The van der Waals surface area contributed by atoms with Crippen molar-refractivity contribution in [1.82, 2.24) is 5.32 Å². The van der Waals surface area contributed by atoms with Crippen molar-refractivity contribution in [3.8, 4) is 0 Å². The molecule has 0 aliphatic heterocycles. The van der Waals surface area contributed by atoms with Crippen LogP contribution in [0.3, 0.4) is 0 Å². The van der Waals surface area contributed by atoms with E-state index in [1.54, 1.807) is 0 Å². The number of ether oxygens (including phenoxy) is 1. The van der Waals surface area contributed by atoms with Crippen LogP contribution in [0.25, 0.3) is 0 Å². The highest BCUT2D eigenvalue weighted by atomic mass is 35.5. The van der Waals surface area contributed by atoms with Gasteiger partial charge in [0.05, 0.1) is 6.04 Å². The van der Waals surface area contributed by atoms with Crippen LogP contribution >= 0.6 is 37.0 Å². The molecule has 76 valence electrons. The number of nitrogens with two attached hydrogens (primary N) is 1. The zero-order chi connectivity index (χ0) is 7.98. The predicted octanol–water partition coefficient (Wildman–Crippen LogP) is 0.741. The number of thiocarbonyl (C=S) groups is 1. The van der Waals surface area contributed by atoms with Gasteiger partial charge >= 0.3 is 0 Å². The summed E-state index contributed by atoms with van der Waals surface area (Å²) in [7, 11) is 1.84. The highest BCUT2D eigenvalue weighted by Crippen LogP contribution is 1.88. The van der Waals surface area contributed by atoms with Crippen LogP contribution < -0.4 is 11.1 Å². The Morgan fingerprint density at radius 3 is 2.42 bits per heavy atom. The van der Waals surface area contributed by atoms with Crippen molar-refractivity contribution in [3.05, 3.63) is 0 Å². The normalized spacial score (nSPS) is 10.6. The Balaban J connectivity index is -0.000000405. The monoisotopic (exact) mass is 234 g/mol. The maximum Gasteiger partial charge on any atom is 0.176 e. The fourth-order valence-electron chi connectivity index (χ4n) is 0.402. The van der Waals surface area contributed by atoms with Crippen LogP contribution in [0, 0.1) is 0 Å². The molecule has 0 aliphatic carbocycles. The van der Waals surface area contributed by atoms with Gasteiger partial charge in [0, 0.05) is 6.54 Å². The second-order valence-electron chi connectivity index (χ2n) is 1.97. The summed E-state index contributed by atoms with van der Waals surface area (Å²) < 4.78 is 5.09. The van der Waals surface area contributed by atoms with Crippen LogP contribution in [-0.4, -0.2) is 31.3 Å². The first-order chi connectivity index (χ1) is 4.72. The summed E-state index contributed by atoms with van der Waals surface area (Å²) in [5.74, 6) is 0. The van der Waals surface area contributed by atoms with Crippen molar-refractivity contribution in [3.63, 3.8) is 0 Å². The molecule has 0 bridgehead atoms. The van der Waals surface area contributed by atoms with Crippen LogP contribution in [0.15, 0.2) is 0 Å². The molecule has 0 aromatic carbocycles. The number of hydrogen-bond acceptors (Lipinski definition) is 4. The minimum atomic E-state index is 0. The SMILES string of the molecule is CN[C@@H](C)C(=S)OCCN.Cl.Cl. The average Bonchev–Trinajstić information content (AvgIpc) is 1.98. The van der Waals surface area contributed by atoms with Gasteiger partial charge < -0.3 is 15.8 Å². The van der Waals surface area contributed by atoms with Crippen LogP contribution in [0.1, 0.15) is 6.92 Å². The summed E-state index contributed by atoms with van der Waals surface area (Å²) in [6, 6.07) is 0.126. The molecule has 12 heavy (non-hydrogen) atoms. The molecule has 0 aromatic rings. The first-order valence-electron chi connectivity index (χ1n) is 3.26. The zero-order valence-electron chi connectivity index (χ0n) is 7.20. The molecule has 0 radical (unpaired) electrons. The summed E-state index contributed by atoms with van der Waals surface area (Å²) in [6.45, 7) is 2.96. The number of likely N-dealkylation sites (N-methyl/N-ethyl adjacent to an activating group) is 1. The van der Waals surface area contributed by atoms with Crippen LogP contribution in [0.4, 0.5) is 0 Å². The summed E-state index contributed by atoms with van der Waals surface area (Å²) in [4.78, 5) is 0. The molecule has 0 amide bonds. The highest BCUT2D eigenvalue weighted by Gasteiger charge is 2.04. The molecule has 0 rings (SSSR count). The summed E-state index contributed by atoms with van der Waals surface area (Å²) in [5.41, 5.74) is 5.21. The lowest BCUT2D eigenvalue weighted by Gasteiger charge is -2.11. The van der Waals surface area contributed by atoms with Gasteiger partial charge in [-0.05, 0) is 26.2 Å². The lowest BCUT2D eigenvalue weighted by atomic mass is 10.4. The van der Waals surface area contributed by atoms with E-state index in [-0.39, 0.29) is 30.9 Å². The second-order valence-corrected chi connectivity index (χ2v) is 2.37. The maximum absolute atomic E-state index is 5.21. The molecule has 6 heteroatoms. The zero-order valence-corrected chi connectivity index (χ0v) is 9.65. The van der Waals surface area contributed by atoms with E-state index in [4.69, 9.17) is 22.7 Å². The minimum Gasteiger partial charge on any atom is -0.484 e.